The lowest BCUT2D eigenvalue weighted by Crippen LogP contribution is -2.37. The zero-order valence-corrected chi connectivity index (χ0v) is 15.9. The van der Waals surface area contributed by atoms with Crippen LogP contribution in [0.5, 0.6) is 11.5 Å². The van der Waals surface area contributed by atoms with Gasteiger partial charge in [0.15, 0.2) is 11.5 Å². The first-order valence-corrected chi connectivity index (χ1v) is 8.62. The van der Waals surface area contributed by atoms with Gasteiger partial charge in [0.2, 0.25) is 5.91 Å². The van der Waals surface area contributed by atoms with Crippen molar-refractivity contribution >= 4 is 16.7 Å². The molecule has 0 fully saturated rings. The SMILES string of the molecule is COc1cccc(CN(C)C(=O)Cn2[nH]c(=O)c3ccccc3c2=O)c1OC. The van der Waals surface area contributed by atoms with E-state index in [0.29, 0.717) is 16.9 Å². The molecule has 0 bridgehead atoms. The minimum absolute atomic E-state index is 0.256. The van der Waals surface area contributed by atoms with Crippen LogP contribution in [0, 0.1) is 0 Å². The Labute approximate surface area is 160 Å². The molecule has 1 N–H and O–H groups in total. The van der Waals surface area contributed by atoms with Crippen LogP contribution in [-0.4, -0.2) is 41.9 Å². The standard InChI is InChI=1S/C20H21N3O5/c1-22(11-13-7-6-10-16(27-2)18(13)28-3)17(24)12-23-20(26)15-9-5-4-8-14(15)19(25)21-23/h4-10H,11-12H2,1-3H3,(H,21,25). The van der Waals surface area contributed by atoms with E-state index in [0.717, 1.165) is 10.2 Å². The number of hydrogen-bond donors (Lipinski definition) is 1. The molecular formula is C20H21N3O5. The molecule has 0 saturated heterocycles. The third kappa shape index (κ3) is 3.62. The Bertz CT molecular complexity index is 1130. The molecule has 146 valence electrons. The Hall–Kier alpha value is -3.55. The minimum atomic E-state index is -0.420. The predicted octanol–water partition coefficient (Wildman–Crippen LogP) is 1.37. The summed E-state index contributed by atoms with van der Waals surface area (Å²) in [5.41, 5.74) is -0.0759. The third-order valence-electron chi connectivity index (χ3n) is 4.49. The number of rotatable bonds is 6. The number of amides is 1. The summed E-state index contributed by atoms with van der Waals surface area (Å²) in [6.07, 6.45) is 0. The predicted molar refractivity (Wildman–Crippen MR) is 105 cm³/mol. The van der Waals surface area contributed by atoms with E-state index in [-0.39, 0.29) is 24.4 Å². The van der Waals surface area contributed by atoms with Gasteiger partial charge in [-0.15, -0.1) is 0 Å². The Morgan fingerprint density at radius 1 is 1.04 bits per heavy atom. The van der Waals surface area contributed by atoms with Gasteiger partial charge in [0, 0.05) is 19.2 Å². The van der Waals surface area contributed by atoms with Crippen LogP contribution in [0.25, 0.3) is 10.8 Å². The molecule has 1 amide bonds. The summed E-state index contributed by atoms with van der Waals surface area (Å²) in [7, 11) is 4.69. The number of nitrogens with one attached hydrogen (secondary N) is 1. The summed E-state index contributed by atoms with van der Waals surface area (Å²) in [6.45, 7) is -0.0204. The number of para-hydroxylation sites is 1. The van der Waals surface area contributed by atoms with Crippen molar-refractivity contribution in [3.8, 4) is 11.5 Å². The summed E-state index contributed by atoms with van der Waals surface area (Å²) in [6, 6.07) is 11.9. The maximum absolute atomic E-state index is 12.6. The average molecular weight is 383 g/mol. The first-order valence-electron chi connectivity index (χ1n) is 8.62. The van der Waals surface area contributed by atoms with Crippen LogP contribution in [0.3, 0.4) is 0 Å². The highest BCUT2D eigenvalue weighted by atomic mass is 16.5. The molecule has 8 heteroatoms. The van der Waals surface area contributed by atoms with Gasteiger partial charge in [-0.1, -0.05) is 24.3 Å². The van der Waals surface area contributed by atoms with Crippen LogP contribution < -0.4 is 20.6 Å². The van der Waals surface area contributed by atoms with Crippen LogP contribution in [0.1, 0.15) is 5.56 Å². The number of carbonyl (C=O) groups excluding carboxylic acids is 1. The maximum Gasteiger partial charge on any atom is 0.273 e. The molecule has 3 rings (SSSR count). The van der Waals surface area contributed by atoms with Gasteiger partial charge in [-0.25, -0.2) is 4.68 Å². The topological polar surface area (TPSA) is 93.6 Å². The van der Waals surface area contributed by atoms with Gasteiger partial charge >= 0.3 is 0 Å². The number of hydrogen-bond acceptors (Lipinski definition) is 5. The van der Waals surface area contributed by atoms with Gasteiger partial charge in [0.1, 0.15) is 6.54 Å². The molecule has 0 unspecified atom stereocenters. The van der Waals surface area contributed by atoms with E-state index in [1.54, 1.807) is 50.6 Å². The highest BCUT2D eigenvalue weighted by Gasteiger charge is 2.17. The quantitative estimate of drug-likeness (QED) is 0.694. The zero-order valence-electron chi connectivity index (χ0n) is 15.9. The molecule has 8 nitrogen and oxygen atoms in total. The van der Waals surface area contributed by atoms with Crippen LogP contribution >= 0.6 is 0 Å². The van der Waals surface area contributed by atoms with Crippen molar-refractivity contribution in [2.45, 2.75) is 13.1 Å². The second kappa shape index (κ2) is 7.99. The molecule has 0 aliphatic rings. The van der Waals surface area contributed by atoms with Crippen molar-refractivity contribution < 1.29 is 14.3 Å². The van der Waals surface area contributed by atoms with E-state index < -0.39 is 11.1 Å². The number of H-pyrrole nitrogens is 1. The summed E-state index contributed by atoms with van der Waals surface area (Å²) in [5, 5.41) is 3.04. The number of nitrogens with zero attached hydrogens (tertiary/aromatic N) is 2. The smallest absolute Gasteiger partial charge is 0.273 e. The lowest BCUT2D eigenvalue weighted by atomic mass is 10.1. The van der Waals surface area contributed by atoms with Gasteiger partial charge in [0.25, 0.3) is 11.1 Å². The van der Waals surface area contributed by atoms with Gasteiger partial charge in [-0.2, -0.15) is 0 Å². The molecule has 2 aromatic carbocycles. The number of likely N-dealkylation sites (N-methyl/N-ethyl adjacent to an activating group) is 1. The molecule has 0 aliphatic carbocycles. The maximum atomic E-state index is 12.6. The van der Waals surface area contributed by atoms with Crippen LogP contribution in [0.15, 0.2) is 52.1 Å². The number of methoxy groups -OCH3 is 2. The van der Waals surface area contributed by atoms with Crippen molar-refractivity contribution in [3.63, 3.8) is 0 Å². The lowest BCUT2D eigenvalue weighted by Gasteiger charge is -2.20. The monoisotopic (exact) mass is 383 g/mol. The molecule has 28 heavy (non-hydrogen) atoms. The molecular weight excluding hydrogens is 362 g/mol. The van der Waals surface area contributed by atoms with Gasteiger partial charge in [0.05, 0.1) is 25.0 Å². The summed E-state index contributed by atoms with van der Waals surface area (Å²) >= 11 is 0. The second-order valence-corrected chi connectivity index (χ2v) is 6.28. The van der Waals surface area contributed by atoms with Crippen molar-refractivity contribution in [2.24, 2.45) is 0 Å². The second-order valence-electron chi connectivity index (χ2n) is 6.28. The summed E-state index contributed by atoms with van der Waals surface area (Å²) in [5.74, 6) is 0.773. The van der Waals surface area contributed by atoms with Crippen LogP contribution in [0.2, 0.25) is 0 Å². The van der Waals surface area contributed by atoms with E-state index in [2.05, 4.69) is 5.10 Å². The summed E-state index contributed by atoms with van der Waals surface area (Å²) < 4.78 is 11.7. The fourth-order valence-electron chi connectivity index (χ4n) is 3.04. The van der Waals surface area contributed by atoms with Crippen LogP contribution in [0.4, 0.5) is 0 Å². The number of ether oxygens (including phenoxy) is 2. The number of benzene rings is 2. The van der Waals surface area contributed by atoms with Crippen molar-refractivity contribution in [2.75, 3.05) is 21.3 Å². The van der Waals surface area contributed by atoms with E-state index in [9.17, 15) is 14.4 Å². The average Bonchev–Trinajstić information content (AvgIpc) is 2.71. The first-order chi connectivity index (χ1) is 13.5. The fraction of sp³-hybridized carbons (Fsp3) is 0.250. The molecule has 0 spiro atoms. The zero-order chi connectivity index (χ0) is 20.3. The van der Waals surface area contributed by atoms with Gasteiger partial charge in [-0.3, -0.25) is 19.5 Å². The van der Waals surface area contributed by atoms with E-state index in [1.807, 2.05) is 6.07 Å². The van der Waals surface area contributed by atoms with Crippen molar-refractivity contribution in [1.29, 1.82) is 0 Å². The van der Waals surface area contributed by atoms with E-state index >= 15 is 0 Å². The molecule has 1 aromatic heterocycles. The Morgan fingerprint density at radius 3 is 2.43 bits per heavy atom. The van der Waals surface area contributed by atoms with E-state index in [4.69, 9.17) is 9.47 Å². The number of aromatic nitrogens is 2. The number of carbonyl (C=O) groups is 1. The number of fused-ring (bicyclic) bond motifs is 1. The normalized spacial score (nSPS) is 10.7. The lowest BCUT2D eigenvalue weighted by molar-refractivity contribution is -0.131. The molecule has 1 heterocycles. The largest absolute Gasteiger partial charge is 0.493 e. The van der Waals surface area contributed by atoms with Gasteiger partial charge in [-0.05, 0) is 18.2 Å². The summed E-state index contributed by atoms with van der Waals surface area (Å²) in [4.78, 5) is 38.8. The van der Waals surface area contributed by atoms with Gasteiger partial charge < -0.3 is 14.4 Å². The van der Waals surface area contributed by atoms with Crippen molar-refractivity contribution in [3.05, 3.63) is 68.7 Å². The Morgan fingerprint density at radius 2 is 1.75 bits per heavy atom. The van der Waals surface area contributed by atoms with Crippen LogP contribution in [-0.2, 0) is 17.9 Å². The molecule has 0 radical (unpaired) electrons. The van der Waals surface area contributed by atoms with Crippen molar-refractivity contribution in [1.82, 2.24) is 14.7 Å². The number of aromatic amines is 1. The highest BCUT2D eigenvalue weighted by Crippen LogP contribution is 2.31. The molecule has 0 aliphatic heterocycles. The minimum Gasteiger partial charge on any atom is -0.493 e. The van der Waals surface area contributed by atoms with E-state index in [1.165, 1.54) is 12.0 Å². The Kier molecular flexibility index (Phi) is 5.49. The molecule has 0 saturated carbocycles. The highest BCUT2D eigenvalue weighted by molar-refractivity contribution is 5.81. The third-order valence-corrected chi connectivity index (χ3v) is 4.49. The molecule has 3 aromatic rings. The first kappa shape index (κ1) is 19.2. The fourth-order valence-corrected chi connectivity index (χ4v) is 3.04. The molecule has 0 atom stereocenters. The Balaban J connectivity index is 1.84.